The second kappa shape index (κ2) is 8.88. The van der Waals surface area contributed by atoms with E-state index in [2.05, 4.69) is 55.4 Å². The number of benzene rings is 2. The number of hydrogen-bond acceptors (Lipinski definition) is 2. The first-order valence-corrected chi connectivity index (χ1v) is 9.81. The molecule has 156 valence electrons. The van der Waals surface area contributed by atoms with Crippen LogP contribution < -0.4 is 4.74 Å². The number of hydrogen-bond donors (Lipinski definition) is 0. The molecule has 3 nitrogen and oxygen atoms in total. The first-order valence-electron chi connectivity index (χ1n) is 9.81. The molecular formula is C25H26ClFN2O. The predicted molar refractivity (Wildman–Crippen MR) is 122 cm³/mol. The number of halogens is 2. The van der Waals surface area contributed by atoms with Crippen LogP contribution in [0.4, 0.5) is 4.39 Å². The zero-order valence-electron chi connectivity index (χ0n) is 17.7. The van der Waals surface area contributed by atoms with Crippen LogP contribution in [0.1, 0.15) is 33.5 Å². The van der Waals surface area contributed by atoms with Gasteiger partial charge in [-0.05, 0) is 62.1 Å². The summed E-state index contributed by atoms with van der Waals surface area (Å²) >= 11 is 0. The summed E-state index contributed by atoms with van der Waals surface area (Å²) in [6, 6.07) is 13.0. The van der Waals surface area contributed by atoms with Gasteiger partial charge in [-0.2, -0.15) is 0 Å². The highest BCUT2D eigenvalue weighted by Gasteiger charge is 2.17. The molecule has 0 N–H and O–H groups in total. The van der Waals surface area contributed by atoms with Crippen LogP contribution in [0.2, 0.25) is 0 Å². The normalized spacial score (nSPS) is 10.8. The molecule has 0 bridgehead atoms. The maximum Gasteiger partial charge on any atom is 0.162 e. The van der Waals surface area contributed by atoms with Gasteiger partial charge in [0, 0.05) is 23.8 Å². The molecule has 5 heteroatoms. The summed E-state index contributed by atoms with van der Waals surface area (Å²) in [5.41, 5.74) is 8.22. The fourth-order valence-corrected chi connectivity index (χ4v) is 3.74. The predicted octanol–water partition coefficient (Wildman–Crippen LogP) is 6.46. The quantitative estimate of drug-likeness (QED) is 0.367. The lowest BCUT2D eigenvalue weighted by Crippen LogP contribution is -2.06. The van der Waals surface area contributed by atoms with E-state index in [0.29, 0.717) is 6.61 Å². The van der Waals surface area contributed by atoms with E-state index >= 15 is 0 Å². The summed E-state index contributed by atoms with van der Waals surface area (Å²) in [4.78, 5) is 4.39. The topological polar surface area (TPSA) is 27.1 Å². The van der Waals surface area contributed by atoms with Crippen molar-refractivity contribution in [3.8, 4) is 5.75 Å². The molecular weight excluding hydrogens is 399 g/mol. The van der Waals surface area contributed by atoms with Crippen molar-refractivity contribution in [3.05, 3.63) is 94.2 Å². The molecule has 0 radical (unpaired) electrons. The van der Waals surface area contributed by atoms with Crippen molar-refractivity contribution in [1.29, 1.82) is 0 Å². The van der Waals surface area contributed by atoms with Gasteiger partial charge < -0.3 is 9.30 Å². The van der Waals surface area contributed by atoms with Crippen LogP contribution in [-0.2, 0) is 13.2 Å². The van der Waals surface area contributed by atoms with Crippen molar-refractivity contribution in [3.63, 3.8) is 0 Å². The third-order valence-electron chi connectivity index (χ3n) is 5.65. The van der Waals surface area contributed by atoms with Gasteiger partial charge in [0.05, 0.1) is 11.7 Å². The zero-order valence-corrected chi connectivity index (χ0v) is 18.5. The van der Waals surface area contributed by atoms with E-state index in [0.717, 1.165) is 28.8 Å². The molecule has 0 aliphatic carbocycles. The van der Waals surface area contributed by atoms with Gasteiger partial charge in [0.15, 0.2) is 5.75 Å². The minimum Gasteiger partial charge on any atom is -0.485 e. The fourth-order valence-electron chi connectivity index (χ4n) is 3.74. The van der Waals surface area contributed by atoms with Crippen molar-refractivity contribution in [2.75, 3.05) is 0 Å². The average molecular weight is 425 g/mol. The largest absolute Gasteiger partial charge is 0.485 e. The summed E-state index contributed by atoms with van der Waals surface area (Å²) in [7, 11) is 0. The molecule has 2 aromatic carbocycles. The van der Waals surface area contributed by atoms with Crippen molar-refractivity contribution >= 4 is 23.3 Å². The van der Waals surface area contributed by atoms with Gasteiger partial charge in [-0.3, -0.25) is 4.98 Å². The molecule has 0 atom stereocenters. The van der Waals surface area contributed by atoms with E-state index in [9.17, 15) is 4.39 Å². The van der Waals surface area contributed by atoms with E-state index in [4.69, 9.17) is 4.74 Å². The number of nitrogens with zero attached hydrogens (tertiary/aromatic N) is 2. The van der Waals surface area contributed by atoms with Crippen molar-refractivity contribution in [2.45, 2.75) is 40.8 Å². The van der Waals surface area contributed by atoms with E-state index in [1.165, 1.54) is 40.1 Å². The number of pyridine rings is 1. The number of rotatable bonds is 5. The van der Waals surface area contributed by atoms with Crippen molar-refractivity contribution in [2.24, 2.45) is 0 Å². The molecule has 0 unspecified atom stereocenters. The van der Waals surface area contributed by atoms with Crippen LogP contribution in [0.15, 0.2) is 54.9 Å². The Morgan fingerprint density at radius 2 is 1.70 bits per heavy atom. The van der Waals surface area contributed by atoms with Gasteiger partial charge in [-0.15, -0.1) is 12.4 Å². The highest BCUT2D eigenvalue weighted by Crippen LogP contribution is 2.33. The second-order valence-electron chi connectivity index (χ2n) is 7.68. The Labute approximate surface area is 182 Å². The Morgan fingerprint density at radius 3 is 2.43 bits per heavy atom. The first kappa shape index (κ1) is 21.8. The van der Waals surface area contributed by atoms with Crippen LogP contribution in [0, 0.1) is 33.5 Å². The van der Waals surface area contributed by atoms with Crippen LogP contribution in [0.25, 0.3) is 10.9 Å². The van der Waals surface area contributed by atoms with Crippen LogP contribution in [-0.4, -0.2) is 9.55 Å². The molecule has 0 fully saturated rings. The van der Waals surface area contributed by atoms with Gasteiger partial charge in [0.2, 0.25) is 0 Å². The highest BCUT2D eigenvalue weighted by atomic mass is 35.5. The van der Waals surface area contributed by atoms with Gasteiger partial charge in [0.25, 0.3) is 0 Å². The molecule has 4 rings (SSSR count). The molecule has 0 saturated carbocycles. The zero-order chi connectivity index (χ0) is 20.5. The lowest BCUT2D eigenvalue weighted by Gasteiger charge is -2.14. The van der Waals surface area contributed by atoms with E-state index < -0.39 is 0 Å². The molecule has 0 spiro atoms. The Hall–Kier alpha value is -2.85. The molecule has 2 heterocycles. The smallest absolute Gasteiger partial charge is 0.162 e. The van der Waals surface area contributed by atoms with Crippen LogP contribution in [0.5, 0.6) is 5.75 Å². The van der Waals surface area contributed by atoms with Crippen molar-refractivity contribution < 1.29 is 9.13 Å². The van der Waals surface area contributed by atoms with E-state index in [1.807, 2.05) is 6.20 Å². The minimum atomic E-state index is -0.244. The summed E-state index contributed by atoms with van der Waals surface area (Å²) in [5, 5.41) is 1.10. The van der Waals surface area contributed by atoms with Crippen LogP contribution in [0.3, 0.4) is 0 Å². The second-order valence-corrected chi connectivity index (χ2v) is 7.68. The lowest BCUT2D eigenvalue weighted by atomic mass is 10.1. The van der Waals surface area contributed by atoms with Gasteiger partial charge in [-0.25, -0.2) is 4.39 Å². The molecule has 0 amide bonds. The number of fused-ring (bicyclic) bond motifs is 1. The van der Waals surface area contributed by atoms with Gasteiger partial charge >= 0.3 is 0 Å². The standard InChI is InChI=1S/C25H25FN2O.ClH/c1-16-5-6-17(2)21(11-16)14-28-19(4)18(3)23-12-27-13-24(25(23)28)29-15-20-7-9-22(26)10-8-20;/h5-13H,14-15H2,1-4H3;1H. The van der Waals surface area contributed by atoms with E-state index in [1.54, 1.807) is 18.3 Å². The monoisotopic (exact) mass is 424 g/mol. The summed E-state index contributed by atoms with van der Waals surface area (Å²) in [6.07, 6.45) is 3.67. The molecule has 30 heavy (non-hydrogen) atoms. The molecule has 0 saturated heterocycles. The maximum absolute atomic E-state index is 13.2. The number of aryl methyl sites for hydroxylation is 3. The SMILES string of the molecule is Cc1ccc(C)c(Cn2c(C)c(C)c3cncc(OCc4ccc(F)cc4)c32)c1.Cl. The van der Waals surface area contributed by atoms with Crippen molar-refractivity contribution in [1.82, 2.24) is 9.55 Å². The summed E-state index contributed by atoms with van der Waals surface area (Å²) in [5.74, 6) is 0.500. The van der Waals surface area contributed by atoms with Crippen LogP contribution >= 0.6 is 12.4 Å². The molecule has 4 aromatic rings. The lowest BCUT2D eigenvalue weighted by molar-refractivity contribution is 0.307. The third-order valence-corrected chi connectivity index (χ3v) is 5.65. The Balaban J connectivity index is 0.00000256. The Bertz CT molecular complexity index is 1180. The Kier molecular flexibility index (Phi) is 6.47. The first-order chi connectivity index (χ1) is 13.9. The Morgan fingerprint density at radius 1 is 0.967 bits per heavy atom. The summed E-state index contributed by atoms with van der Waals surface area (Å²) < 4.78 is 21.6. The summed E-state index contributed by atoms with van der Waals surface area (Å²) in [6.45, 7) is 9.69. The third kappa shape index (κ3) is 4.19. The fraction of sp³-hybridized carbons (Fsp3) is 0.240. The van der Waals surface area contributed by atoms with Gasteiger partial charge in [-0.1, -0.05) is 35.9 Å². The number of aromatic nitrogens is 2. The molecule has 0 aliphatic heterocycles. The molecule has 0 aliphatic rings. The minimum absolute atomic E-state index is 0. The van der Waals surface area contributed by atoms with E-state index in [-0.39, 0.29) is 18.2 Å². The molecule has 2 aromatic heterocycles. The number of ether oxygens (including phenoxy) is 1. The highest BCUT2D eigenvalue weighted by molar-refractivity contribution is 5.89. The van der Waals surface area contributed by atoms with Gasteiger partial charge in [0.1, 0.15) is 12.4 Å². The average Bonchev–Trinajstić information content (AvgIpc) is 2.96. The maximum atomic E-state index is 13.2.